The van der Waals surface area contributed by atoms with Gasteiger partial charge in [-0.3, -0.25) is 10.1 Å². The average Bonchev–Trinajstić information content (AvgIpc) is 2.50. The molecule has 0 fully saturated rings. The first-order chi connectivity index (χ1) is 10.7. The van der Waals surface area contributed by atoms with Gasteiger partial charge in [-0.2, -0.15) is 8.78 Å². The molecule has 0 bridgehead atoms. The van der Waals surface area contributed by atoms with E-state index in [1.807, 2.05) is 0 Å². The summed E-state index contributed by atoms with van der Waals surface area (Å²) in [6.45, 7) is 0. The maximum Gasteiger partial charge on any atom is 0.341 e. The number of nitro groups is 1. The van der Waals surface area contributed by atoms with E-state index in [0.717, 1.165) is 24.3 Å². The van der Waals surface area contributed by atoms with Gasteiger partial charge in [-0.05, 0) is 12.1 Å². The van der Waals surface area contributed by atoms with Crippen LogP contribution in [0.4, 0.5) is 23.2 Å². The van der Waals surface area contributed by atoms with Crippen molar-refractivity contribution in [2.75, 3.05) is 0 Å². The van der Waals surface area contributed by atoms with Gasteiger partial charge in [-0.15, -0.1) is 0 Å². The SMILES string of the molecule is O=C(O)c1c(F)c(F)c(Oc2ccc([N+](=O)[O-])cc2)c(F)c1F. The van der Waals surface area contributed by atoms with Crippen LogP contribution in [-0.4, -0.2) is 16.0 Å². The third kappa shape index (κ3) is 2.91. The number of benzene rings is 2. The van der Waals surface area contributed by atoms with Gasteiger partial charge in [-0.1, -0.05) is 0 Å². The zero-order valence-electron chi connectivity index (χ0n) is 10.8. The van der Waals surface area contributed by atoms with E-state index in [-0.39, 0.29) is 11.4 Å². The van der Waals surface area contributed by atoms with Crippen LogP contribution in [0.3, 0.4) is 0 Å². The van der Waals surface area contributed by atoms with Crippen LogP contribution in [0.5, 0.6) is 11.5 Å². The van der Waals surface area contributed by atoms with Crippen molar-refractivity contribution in [2.24, 2.45) is 0 Å². The van der Waals surface area contributed by atoms with Gasteiger partial charge in [0.15, 0.2) is 11.6 Å². The summed E-state index contributed by atoms with van der Waals surface area (Å²) in [6.07, 6.45) is 0. The smallest absolute Gasteiger partial charge is 0.341 e. The topological polar surface area (TPSA) is 89.7 Å². The van der Waals surface area contributed by atoms with Crippen molar-refractivity contribution < 1.29 is 37.1 Å². The van der Waals surface area contributed by atoms with E-state index in [2.05, 4.69) is 4.74 Å². The maximum absolute atomic E-state index is 13.7. The van der Waals surface area contributed by atoms with E-state index in [0.29, 0.717) is 0 Å². The summed E-state index contributed by atoms with van der Waals surface area (Å²) in [4.78, 5) is 20.3. The molecule has 1 N–H and O–H groups in total. The normalized spacial score (nSPS) is 10.4. The number of hydrogen-bond donors (Lipinski definition) is 1. The summed E-state index contributed by atoms with van der Waals surface area (Å²) in [5, 5.41) is 19.0. The molecule has 0 aliphatic heterocycles. The van der Waals surface area contributed by atoms with Gasteiger partial charge < -0.3 is 9.84 Å². The average molecular weight is 331 g/mol. The van der Waals surface area contributed by atoms with Crippen LogP contribution in [0.25, 0.3) is 0 Å². The molecule has 0 heterocycles. The molecule has 2 rings (SSSR count). The number of carboxylic acid groups (broad SMARTS) is 1. The molecule has 0 aliphatic carbocycles. The quantitative estimate of drug-likeness (QED) is 0.400. The first-order valence-corrected chi connectivity index (χ1v) is 5.75. The zero-order chi connectivity index (χ0) is 17.3. The fourth-order valence-corrected chi connectivity index (χ4v) is 1.64. The molecule has 10 heteroatoms. The Morgan fingerprint density at radius 1 is 1.00 bits per heavy atom. The van der Waals surface area contributed by atoms with Crippen molar-refractivity contribution >= 4 is 11.7 Å². The number of nitrogens with zero attached hydrogens (tertiary/aromatic N) is 1. The minimum Gasteiger partial charge on any atom is -0.477 e. The van der Waals surface area contributed by atoms with Gasteiger partial charge in [0.25, 0.3) is 5.69 Å². The minimum atomic E-state index is -2.19. The summed E-state index contributed by atoms with van der Waals surface area (Å²) in [5.74, 6) is -12.4. The highest BCUT2D eigenvalue weighted by atomic mass is 19.2. The van der Waals surface area contributed by atoms with Crippen molar-refractivity contribution in [1.29, 1.82) is 0 Å². The van der Waals surface area contributed by atoms with E-state index in [1.165, 1.54) is 0 Å². The van der Waals surface area contributed by atoms with Crippen LogP contribution in [0, 0.1) is 33.4 Å². The third-order valence-corrected chi connectivity index (χ3v) is 2.70. The number of carboxylic acids is 1. The lowest BCUT2D eigenvalue weighted by Gasteiger charge is -2.11. The molecule has 23 heavy (non-hydrogen) atoms. The highest BCUT2D eigenvalue weighted by Crippen LogP contribution is 2.33. The summed E-state index contributed by atoms with van der Waals surface area (Å²) in [6, 6.07) is 3.75. The number of halogens is 4. The highest BCUT2D eigenvalue weighted by molar-refractivity contribution is 5.88. The molecule has 0 aliphatic rings. The molecule has 0 aromatic heterocycles. The largest absolute Gasteiger partial charge is 0.477 e. The first-order valence-electron chi connectivity index (χ1n) is 5.75. The Hall–Kier alpha value is -3.17. The maximum atomic E-state index is 13.7. The summed E-state index contributed by atoms with van der Waals surface area (Å²) in [7, 11) is 0. The van der Waals surface area contributed by atoms with Gasteiger partial charge in [0.05, 0.1) is 4.92 Å². The van der Waals surface area contributed by atoms with Crippen LogP contribution in [0.2, 0.25) is 0 Å². The number of ether oxygens (including phenoxy) is 1. The predicted octanol–water partition coefficient (Wildman–Crippen LogP) is 3.64. The van der Waals surface area contributed by atoms with E-state index in [9.17, 15) is 32.5 Å². The Morgan fingerprint density at radius 2 is 1.48 bits per heavy atom. The van der Waals surface area contributed by atoms with Crippen molar-refractivity contribution in [2.45, 2.75) is 0 Å². The minimum absolute atomic E-state index is 0.350. The number of nitro benzene ring substituents is 1. The standard InChI is InChI=1S/C13H5F4NO5/c14-8-7(13(19)20)9(15)11(17)12(10(8)16)23-6-3-1-5(2-4-6)18(21)22/h1-4H,(H,19,20). The molecule has 120 valence electrons. The predicted molar refractivity (Wildman–Crippen MR) is 66.4 cm³/mol. The van der Waals surface area contributed by atoms with Crippen molar-refractivity contribution in [3.05, 3.63) is 63.2 Å². The highest BCUT2D eigenvalue weighted by Gasteiger charge is 2.30. The van der Waals surface area contributed by atoms with E-state index >= 15 is 0 Å². The van der Waals surface area contributed by atoms with Crippen LogP contribution >= 0.6 is 0 Å². The molecule has 0 saturated carbocycles. The monoisotopic (exact) mass is 331 g/mol. The lowest BCUT2D eigenvalue weighted by Crippen LogP contribution is -2.11. The van der Waals surface area contributed by atoms with Crippen molar-refractivity contribution in [3.63, 3.8) is 0 Å². The summed E-state index contributed by atoms with van der Waals surface area (Å²) in [5.41, 5.74) is -2.15. The molecule has 0 spiro atoms. The molecule has 0 amide bonds. The van der Waals surface area contributed by atoms with E-state index in [1.54, 1.807) is 0 Å². The Balaban J connectivity index is 2.48. The number of hydrogen-bond acceptors (Lipinski definition) is 4. The molecule has 0 unspecified atom stereocenters. The Morgan fingerprint density at radius 3 is 1.87 bits per heavy atom. The molecular weight excluding hydrogens is 326 g/mol. The van der Waals surface area contributed by atoms with Crippen molar-refractivity contribution in [1.82, 2.24) is 0 Å². The lowest BCUT2D eigenvalue weighted by molar-refractivity contribution is -0.384. The third-order valence-electron chi connectivity index (χ3n) is 2.70. The molecule has 0 saturated heterocycles. The van der Waals surface area contributed by atoms with Crippen LogP contribution in [0.15, 0.2) is 24.3 Å². The van der Waals surface area contributed by atoms with Crippen molar-refractivity contribution in [3.8, 4) is 11.5 Å². The Labute approximate surface area is 124 Å². The van der Waals surface area contributed by atoms with Crippen LogP contribution < -0.4 is 4.74 Å². The zero-order valence-corrected chi connectivity index (χ0v) is 10.8. The molecular formula is C13H5F4NO5. The molecule has 0 atom stereocenters. The fraction of sp³-hybridized carbons (Fsp3) is 0. The van der Waals surface area contributed by atoms with Gasteiger partial charge in [-0.25, -0.2) is 13.6 Å². The number of aromatic carboxylic acids is 1. The number of carbonyl (C=O) groups is 1. The first kappa shape index (κ1) is 16.2. The summed E-state index contributed by atoms with van der Waals surface area (Å²) < 4.78 is 59.0. The molecule has 2 aromatic rings. The van der Waals surface area contributed by atoms with Gasteiger partial charge in [0.2, 0.25) is 17.4 Å². The van der Waals surface area contributed by atoms with E-state index < -0.39 is 45.5 Å². The second kappa shape index (κ2) is 5.91. The van der Waals surface area contributed by atoms with Gasteiger partial charge in [0.1, 0.15) is 11.3 Å². The second-order valence-electron chi connectivity index (χ2n) is 4.12. The number of rotatable bonds is 4. The number of non-ortho nitro benzene ring substituents is 1. The lowest BCUT2D eigenvalue weighted by atomic mass is 10.1. The van der Waals surface area contributed by atoms with E-state index in [4.69, 9.17) is 5.11 Å². The fourth-order valence-electron chi connectivity index (χ4n) is 1.64. The Kier molecular flexibility index (Phi) is 4.16. The van der Waals surface area contributed by atoms with Gasteiger partial charge >= 0.3 is 5.97 Å². The van der Waals surface area contributed by atoms with Crippen LogP contribution in [0.1, 0.15) is 10.4 Å². The Bertz CT molecular complexity index is 778. The molecule has 6 nitrogen and oxygen atoms in total. The van der Waals surface area contributed by atoms with Gasteiger partial charge in [0, 0.05) is 12.1 Å². The molecule has 2 aromatic carbocycles. The van der Waals surface area contributed by atoms with Crippen LogP contribution in [-0.2, 0) is 0 Å². The summed E-state index contributed by atoms with van der Waals surface area (Å²) >= 11 is 0. The molecule has 0 radical (unpaired) electrons. The second-order valence-corrected chi connectivity index (χ2v) is 4.12.